The summed E-state index contributed by atoms with van der Waals surface area (Å²) in [7, 11) is 3.01. The normalized spacial score (nSPS) is 9.84. The molecule has 3 N–H and O–H groups in total. The Morgan fingerprint density at radius 2 is 2.11 bits per heavy atom. The van der Waals surface area contributed by atoms with Crippen molar-refractivity contribution in [2.75, 3.05) is 33.0 Å². The lowest BCUT2D eigenvalue weighted by Crippen LogP contribution is -2.38. The fourth-order valence-corrected chi connectivity index (χ4v) is 1.68. The Labute approximate surface area is 112 Å². The average molecular weight is 265 g/mol. The van der Waals surface area contributed by atoms with E-state index in [0.717, 1.165) is 0 Å². The monoisotopic (exact) mass is 265 g/mol. The van der Waals surface area contributed by atoms with Gasteiger partial charge in [-0.2, -0.15) is 0 Å². The number of ether oxygens (including phenoxy) is 1. The number of amides is 2. The molecular formula is C13H19N3O3. The molecule has 1 aromatic carbocycles. The highest BCUT2D eigenvalue weighted by molar-refractivity contribution is 6.03. The third kappa shape index (κ3) is 3.61. The van der Waals surface area contributed by atoms with Gasteiger partial charge in [0.05, 0.1) is 13.7 Å². The fourth-order valence-electron chi connectivity index (χ4n) is 1.68. The summed E-state index contributed by atoms with van der Waals surface area (Å²) in [4.78, 5) is 25.0. The van der Waals surface area contributed by atoms with E-state index in [0.29, 0.717) is 18.0 Å². The maximum Gasteiger partial charge on any atom is 0.259 e. The Hall–Kier alpha value is -2.24. The Kier molecular flexibility index (Phi) is 5.17. The smallest absolute Gasteiger partial charge is 0.259 e. The lowest BCUT2D eigenvalue weighted by Gasteiger charge is -2.19. The van der Waals surface area contributed by atoms with Crippen LogP contribution in [-0.4, -0.2) is 44.0 Å². The van der Waals surface area contributed by atoms with E-state index in [2.05, 4.69) is 5.32 Å². The highest BCUT2D eigenvalue weighted by Gasteiger charge is 2.20. The van der Waals surface area contributed by atoms with E-state index in [-0.39, 0.29) is 23.9 Å². The first-order valence-electron chi connectivity index (χ1n) is 5.95. The fraction of sp³-hybridized carbons (Fsp3) is 0.385. The van der Waals surface area contributed by atoms with E-state index in [9.17, 15) is 9.59 Å². The lowest BCUT2D eigenvalue weighted by molar-refractivity contribution is -0.121. The second-order valence-electron chi connectivity index (χ2n) is 4.04. The number of nitrogens with zero attached hydrogens (tertiary/aromatic N) is 1. The number of hydrogen-bond acceptors (Lipinski definition) is 4. The van der Waals surface area contributed by atoms with Crippen LogP contribution in [-0.2, 0) is 4.79 Å². The van der Waals surface area contributed by atoms with E-state index >= 15 is 0 Å². The lowest BCUT2D eigenvalue weighted by atomic mass is 10.1. The van der Waals surface area contributed by atoms with Crippen molar-refractivity contribution in [1.29, 1.82) is 0 Å². The maximum absolute atomic E-state index is 12.3. The van der Waals surface area contributed by atoms with E-state index in [4.69, 9.17) is 10.5 Å². The molecule has 2 amide bonds. The van der Waals surface area contributed by atoms with Gasteiger partial charge in [0.1, 0.15) is 11.3 Å². The van der Waals surface area contributed by atoms with Crippen LogP contribution in [0.3, 0.4) is 0 Å². The third-order valence-electron chi connectivity index (χ3n) is 2.59. The van der Waals surface area contributed by atoms with Gasteiger partial charge in [0.15, 0.2) is 0 Å². The number of carbonyl (C=O) groups is 2. The van der Waals surface area contributed by atoms with Gasteiger partial charge in [-0.15, -0.1) is 0 Å². The molecule has 0 radical (unpaired) electrons. The van der Waals surface area contributed by atoms with Gasteiger partial charge in [0, 0.05) is 19.3 Å². The SMILES string of the molecule is CCNC(=O)CN(C)C(=O)c1c(N)cccc1OC. The molecule has 6 heteroatoms. The van der Waals surface area contributed by atoms with Crippen LogP contribution in [0.4, 0.5) is 5.69 Å². The molecule has 0 atom stereocenters. The summed E-state index contributed by atoms with van der Waals surface area (Å²) in [6, 6.07) is 4.98. The molecule has 0 heterocycles. The summed E-state index contributed by atoms with van der Waals surface area (Å²) in [5, 5.41) is 2.63. The van der Waals surface area contributed by atoms with Crippen molar-refractivity contribution < 1.29 is 14.3 Å². The summed E-state index contributed by atoms with van der Waals surface area (Å²) in [6.45, 7) is 2.32. The van der Waals surface area contributed by atoms with Crippen LogP contribution < -0.4 is 15.8 Å². The van der Waals surface area contributed by atoms with E-state index in [1.54, 1.807) is 25.2 Å². The standard InChI is InChI=1S/C13H19N3O3/c1-4-15-11(17)8-16(2)13(18)12-9(14)6-5-7-10(12)19-3/h5-7H,4,8,14H2,1-3H3,(H,15,17). The van der Waals surface area contributed by atoms with Gasteiger partial charge >= 0.3 is 0 Å². The number of anilines is 1. The van der Waals surface area contributed by atoms with Crippen molar-refractivity contribution in [1.82, 2.24) is 10.2 Å². The number of rotatable bonds is 5. The van der Waals surface area contributed by atoms with Gasteiger partial charge in [0.25, 0.3) is 5.91 Å². The minimum atomic E-state index is -0.346. The molecule has 0 aliphatic heterocycles. The number of nitrogens with one attached hydrogen (secondary N) is 1. The molecule has 1 aromatic rings. The first kappa shape index (κ1) is 14.8. The average Bonchev–Trinajstić information content (AvgIpc) is 2.37. The molecule has 1 rings (SSSR count). The molecule has 0 saturated carbocycles. The van der Waals surface area contributed by atoms with E-state index in [1.165, 1.54) is 12.0 Å². The van der Waals surface area contributed by atoms with Crippen molar-refractivity contribution in [2.45, 2.75) is 6.92 Å². The van der Waals surface area contributed by atoms with Crippen molar-refractivity contribution in [2.24, 2.45) is 0 Å². The Morgan fingerprint density at radius 1 is 1.42 bits per heavy atom. The van der Waals surface area contributed by atoms with Gasteiger partial charge in [-0.05, 0) is 19.1 Å². The maximum atomic E-state index is 12.3. The van der Waals surface area contributed by atoms with E-state index < -0.39 is 0 Å². The van der Waals surface area contributed by atoms with Crippen LogP contribution in [0.1, 0.15) is 17.3 Å². The molecule has 0 aliphatic carbocycles. The van der Waals surface area contributed by atoms with Crippen LogP contribution in [0.15, 0.2) is 18.2 Å². The summed E-state index contributed by atoms with van der Waals surface area (Å²) < 4.78 is 5.12. The predicted octanol–water partition coefficient (Wildman–Crippen LogP) is 0.486. The predicted molar refractivity (Wildman–Crippen MR) is 73.1 cm³/mol. The van der Waals surface area contributed by atoms with Crippen molar-refractivity contribution in [3.05, 3.63) is 23.8 Å². The van der Waals surface area contributed by atoms with Crippen molar-refractivity contribution in [3.8, 4) is 5.75 Å². The molecule has 0 spiro atoms. The molecule has 0 fully saturated rings. The van der Waals surface area contributed by atoms with Crippen LogP contribution in [0.25, 0.3) is 0 Å². The summed E-state index contributed by atoms with van der Waals surface area (Å²) >= 11 is 0. The first-order chi connectivity index (χ1) is 9.01. The second-order valence-corrected chi connectivity index (χ2v) is 4.04. The highest BCUT2D eigenvalue weighted by atomic mass is 16.5. The third-order valence-corrected chi connectivity index (χ3v) is 2.59. The molecule has 0 bridgehead atoms. The molecule has 0 aromatic heterocycles. The number of hydrogen-bond donors (Lipinski definition) is 2. The minimum Gasteiger partial charge on any atom is -0.496 e. The molecule has 0 unspecified atom stereocenters. The minimum absolute atomic E-state index is 0.0236. The summed E-state index contributed by atoms with van der Waals surface area (Å²) in [5.41, 5.74) is 6.40. The number of benzene rings is 1. The molecule has 0 aliphatic rings. The second kappa shape index (κ2) is 6.63. The van der Waals surface area contributed by atoms with Crippen molar-refractivity contribution >= 4 is 17.5 Å². The molecule has 19 heavy (non-hydrogen) atoms. The van der Waals surface area contributed by atoms with E-state index in [1.807, 2.05) is 6.92 Å². The Balaban J connectivity index is 2.91. The zero-order valence-electron chi connectivity index (χ0n) is 11.4. The zero-order valence-corrected chi connectivity index (χ0v) is 11.4. The number of nitrogens with two attached hydrogens (primary N) is 1. The largest absolute Gasteiger partial charge is 0.496 e. The Bertz CT molecular complexity index is 474. The molecule has 6 nitrogen and oxygen atoms in total. The highest BCUT2D eigenvalue weighted by Crippen LogP contribution is 2.25. The quantitative estimate of drug-likeness (QED) is 0.759. The molecule has 104 valence electrons. The zero-order chi connectivity index (χ0) is 14.4. The molecule has 0 saturated heterocycles. The number of methoxy groups -OCH3 is 1. The first-order valence-corrected chi connectivity index (χ1v) is 5.95. The van der Waals surface area contributed by atoms with Gasteiger partial charge in [-0.3, -0.25) is 9.59 Å². The van der Waals surface area contributed by atoms with Crippen LogP contribution in [0.5, 0.6) is 5.75 Å². The molecular weight excluding hydrogens is 246 g/mol. The van der Waals surface area contributed by atoms with Crippen LogP contribution in [0.2, 0.25) is 0 Å². The number of nitrogen functional groups attached to an aromatic ring is 1. The number of likely N-dealkylation sites (N-methyl/N-ethyl adjacent to an activating group) is 2. The van der Waals surface area contributed by atoms with Gasteiger partial charge in [0.2, 0.25) is 5.91 Å². The Morgan fingerprint density at radius 3 is 2.68 bits per heavy atom. The van der Waals surface area contributed by atoms with Crippen LogP contribution in [0, 0.1) is 0 Å². The van der Waals surface area contributed by atoms with Gasteiger partial charge in [-0.1, -0.05) is 6.07 Å². The van der Waals surface area contributed by atoms with Gasteiger partial charge in [-0.25, -0.2) is 0 Å². The summed E-state index contributed by atoms with van der Waals surface area (Å²) in [6.07, 6.45) is 0. The number of carbonyl (C=O) groups excluding carboxylic acids is 2. The summed E-state index contributed by atoms with van der Waals surface area (Å²) in [5.74, 6) is -0.166. The van der Waals surface area contributed by atoms with Gasteiger partial charge < -0.3 is 20.7 Å². The van der Waals surface area contributed by atoms with Crippen LogP contribution >= 0.6 is 0 Å². The topological polar surface area (TPSA) is 84.7 Å². The van der Waals surface area contributed by atoms with Crippen molar-refractivity contribution in [3.63, 3.8) is 0 Å².